The molecule has 0 radical (unpaired) electrons. The average molecular weight is 899 g/mol. The van der Waals surface area contributed by atoms with Crippen molar-refractivity contribution in [1.29, 1.82) is 0 Å². The maximum Gasteiger partial charge on any atom is 0.187 e. The van der Waals surface area contributed by atoms with Crippen molar-refractivity contribution >= 4 is 0 Å². The standard InChI is InChI=1S/C46H74O17/c1-21(2)14-22-16-58-46-19-45(20-59-46)23(37(46)44(22,7)55)8-9-28-42(5)12-11-29(41(3,4)27(42)10-13-43(28,45)6)62-40-35(54)32(51)36(63-40)26(61-38-33(52)30(49)24(48)17-56-38)18-57-39-34(53)31(50)25(15-47)60-39/h14,22-40,47-55H,8-13,15-20H2,1-7H3/t22-,23-,24+,25+,26-,27+,28-,29+,30+,31-,32-,33-,34-,35-,36-,37+,38+,39+,40+,42+,43-,44+,45+,46-/m1/s1. The zero-order chi connectivity index (χ0) is 45.4. The number of fused-ring (bicyclic) bond motifs is 4. The van der Waals surface area contributed by atoms with Crippen molar-refractivity contribution in [3.05, 3.63) is 11.6 Å². The summed E-state index contributed by atoms with van der Waals surface area (Å²) < 4.78 is 49.3. The lowest BCUT2D eigenvalue weighted by Gasteiger charge is -2.70. The molecule has 9 aliphatic rings. The van der Waals surface area contributed by atoms with Gasteiger partial charge >= 0.3 is 0 Å². The smallest absolute Gasteiger partial charge is 0.187 e. The first kappa shape index (κ1) is 47.1. The number of hydrogen-bond donors (Lipinski definition) is 9. The molecular weight excluding hydrogens is 824 g/mol. The van der Waals surface area contributed by atoms with Gasteiger partial charge in [0.05, 0.1) is 44.7 Å². The summed E-state index contributed by atoms with van der Waals surface area (Å²) in [5, 5.41) is 96.9. The predicted octanol–water partition coefficient (Wildman–Crippen LogP) is 0.463. The number of ether oxygens (including phenoxy) is 8. The van der Waals surface area contributed by atoms with Crippen LogP contribution in [-0.4, -0.2) is 176 Å². The normalized spacial score (nSPS) is 56.3. The van der Waals surface area contributed by atoms with Crippen molar-refractivity contribution in [2.75, 3.05) is 33.0 Å². The molecule has 9 fully saturated rings. The Morgan fingerprint density at radius 3 is 2.17 bits per heavy atom. The minimum atomic E-state index is -1.70. The number of hydrogen-bond acceptors (Lipinski definition) is 17. The van der Waals surface area contributed by atoms with Gasteiger partial charge in [-0.25, -0.2) is 0 Å². The zero-order valence-electron chi connectivity index (χ0n) is 37.8. The Balaban J connectivity index is 0.913. The van der Waals surface area contributed by atoms with E-state index in [0.717, 1.165) is 38.5 Å². The van der Waals surface area contributed by atoms with Gasteiger partial charge in [-0.3, -0.25) is 0 Å². The molecule has 360 valence electrons. The fraction of sp³-hybridized carbons (Fsp3) is 0.957. The molecule has 5 saturated heterocycles. The van der Waals surface area contributed by atoms with E-state index in [1.165, 1.54) is 5.57 Å². The Hall–Kier alpha value is -0.940. The van der Waals surface area contributed by atoms with Gasteiger partial charge in [-0.15, -0.1) is 0 Å². The lowest BCUT2D eigenvalue weighted by atomic mass is 9.35. The summed E-state index contributed by atoms with van der Waals surface area (Å²) in [6.45, 7) is 15.2. The Bertz CT molecular complexity index is 1710. The van der Waals surface area contributed by atoms with Crippen LogP contribution in [0.4, 0.5) is 0 Å². The lowest BCUT2D eigenvalue weighted by molar-refractivity contribution is -0.339. The van der Waals surface area contributed by atoms with Gasteiger partial charge in [0.1, 0.15) is 61.0 Å². The number of aliphatic hydroxyl groups excluding tert-OH is 8. The van der Waals surface area contributed by atoms with E-state index in [0.29, 0.717) is 25.6 Å². The summed E-state index contributed by atoms with van der Waals surface area (Å²) in [7, 11) is 0. The van der Waals surface area contributed by atoms with E-state index in [2.05, 4.69) is 47.6 Å². The van der Waals surface area contributed by atoms with E-state index in [1.807, 2.05) is 6.92 Å². The van der Waals surface area contributed by atoms with Gasteiger partial charge in [-0.2, -0.15) is 0 Å². The first-order valence-electron chi connectivity index (χ1n) is 23.4. The fourth-order valence-electron chi connectivity index (χ4n) is 15.5. The minimum absolute atomic E-state index is 0.0448. The molecule has 9 N–H and O–H groups in total. The van der Waals surface area contributed by atoms with Crippen LogP contribution >= 0.6 is 0 Å². The summed E-state index contributed by atoms with van der Waals surface area (Å²) in [5.41, 5.74) is -0.384. The van der Waals surface area contributed by atoms with E-state index in [1.54, 1.807) is 0 Å². The van der Waals surface area contributed by atoms with E-state index in [9.17, 15) is 46.0 Å². The molecule has 4 saturated carbocycles. The van der Waals surface area contributed by atoms with Crippen LogP contribution < -0.4 is 0 Å². The summed E-state index contributed by atoms with van der Waals surface area (Å²) >= 11 is 0. The van der Waals surface area contributed by atoms with Crippen LogP contribution in [0.3, 0.4) is 0 Å². The van der Waals surface area contributed by atoms with Crippen LogP contribution in [0.5, 0.6) is 0 Å². The summed E-state index contributed by atoms with van der Waals surface area (Å²) in [5.74, 6) is -0.0556. The summed E-state index contributed by atoms with van der Waals surface area (Å²) in [6.07, 6.45) is -10.6. The van der Waals surface area contributed by atoms with Crippen molar-refractivity contribution < 1.29 is 83.9 Å². The van der Waals surface area contributed by atoms with Gasteiger partial charge < -0.3 is 83.9 Å². The SMILES string of the molecule is CC(C)=C[C@@H]1CO[C@]23C[C@]4(CO2)[C@H](CC[C@@H]2[C@@]5(C)CC[C@H](O[C@H]6O[C@H]([C@@H](CO[C@H]7O[C@@H](CO)[C@@H](O)[C@H]7O)O[C@@H]7OC[C@H](O)[C@H](O)[C@H]7O)[C@H](O)[C@H]6O)C(C)(C)[C@@H]5CC[C@]24C)[C@H]3[C@@]1(C)O. The summed E-state index contributed by atoms with van der Waals surface area (Å²) in [4.78, 5) is 0. The third-order valence-corrected chi connectivity index (χ3v) is 18.6. The molecule has 5 aliphatic heterocycles. The molecule has 17 nitrogen and oxygen atoms in total. The van der Waals surface area contributed by atoms with Crippen molar-refractivity contribution in [1.82, 2.24) is 0 Å². The number of allylic oxidation sites excluding steroid dienone is 1. The molecule has 2 spiro atoms. The van der Waals surface area contributed by atoms with Crippen LogP contribution in [0.2, 0.25) is 0 Å². The van der Waals surface area contributed by atoms with Crippen LogP contribution in [-0.2, 0) is 37.9 Å². The molecule has 2 bridgehead atoms. The number of aliphatic hydroxyl groups is 9. The number of rotatable bonds is 10. The highest BCUT2D eigenvalue weighted by atomic mass is 16.8. The van der Waals surface area contributed by atoms with E-state index < -0.39 is 105 Å². The topological polar surface area (TPSA) is 256 Å². The molecule has 17 heteroatoms. The molecule has 24 atom stereocenters. The highest BCUT2D eigenvalue weighted by molar-refractivity contribution is 5.27. The second kappa shape index (κ2) is 16.4. The van der Waals surface area contributed by atoms with E-state index in [-0.39, 0.29) is 58.0 Å². The highest BCUT2D eigenvalue weighted by Crippen LogP contribution is 2.80. The van der Waals surface area contributed by atoms with Crippen molar-refractivity contribution in [3.8, 4) is 0 Å². The second-order valence-electron chi connectivity index (χ2n) is 22.4. The third-order valence-electron chi connectivity index (χ3n) is 18.6. The predicted molar refractivity (Wildman–Crippen MR) is 219 cm³/mol. The lowest BCUT2D eigenvalue weighted by Crippen LogP contribution is -2.68. The molecule has 0 aromatic carbocycles. The third kappa shape index (κ3) is 7.03. The monoisotopic (exact) mass is 898 g/mol. The van der Waals surface area contributed by atoms with Crippen molar-refractivity contribution in [2.24, 2.45) is 51.2 Å². The Morgan fingerprint density at radius 2 is 1.48 bits per heavy atom. The molecule has 0 amide bonds. The average Bonchev–Trinajstić information content (AvgIpc) is 3.93. The second-order valence-corrected chi connectivity index (χ2v) is 22.4. The Labute approximate surface area is 369 Å². The van der Waals surface area contributed by atoms with E-state index in [4.69, 9.17) is 37.9 Å². The van der Waals surface area contributed by atoms with Gasteiger partial charge in [0.15, 0.2) is 24.7 Å². The minimum Gasteiger partial charge on any atom is -0.394 e. The molecule has 0 aromatic heterocycles. The van der Waals surface area contributed by atoms with Crippen LogP contribution in [0, 0.1) is 51.2 Å². The van der Waals surface area contributed by atoms with Gasteiger partial charge in [-0.05, 0) is 93.3 Å². The van der Waals surface area contributed by atoms with Crippen molar-refractivity contribution in [2.45, 2.75) is 191 Å². The Morgan fingerprint density at radius 1 is 0.762 bits per heavy atom. The molecule has 63 heavy (non-hydrogen) atoms. The van der Waals surface area contributed by atoms with Crippen molar-refractivity contribution in [3.63, 3.8) is 0 Å². The molecule has 0 unspecified atom stereocenters. The molecule has 0 aromatic rings. The summed E-state index contributed by atoms with van der Waals surface area (Å²) in [6, 6.07) is 0. The first-order chi connectivity index (χ1) is 29.6. The molecular formula is C46H74O17. The largest absolute Gasteiger partial charge is 0.394 e. The van der Waals surface area contributed by atoms with E-state index >= 15 is 0 Å². The Kier molecular flexibility index (Phi) is 12.2. The van der Waals surface area contributed by atoms with Gasteiger partial charge in [0.2, 0.25) is 0 Å². The van der Waals surface area contributed by atoms with Gasteiger partial charge in [0.25, 0.3) is 0 Å². The molecule has 9 rings (SSSR count). The maximum absolute atomic E-state index is 12.4. The first-order valence-corrected chi connectivity index (χ1v) is 23.4. The van der Waals surface area contributed by atoms with Crippen LogP contribution in [0.15, 0.2) is 11.6 Å². The molecule has 5 heterocycles. The van der Waals surface area contributed by atoms with Crippen LogP contribution in [0.25, 0.3) is 0 Å². The molecule has 4 aliphatic carbocycles. The van der Waals surface area contributed by atoms with Gasteiger partial charge in [-0.1, -0.05) is 39.3 Å². The maximum atomic E-state index is 12.4. The highest BCUT2D eigenvalue weighted by Gasteiger charge is 2.81. The zero-order valence-corrected chi connectivity index (χ0v) is 37.8. The fourth-order valence-corrected chi connectivity index (χ4v) is 15.5. The van der Waals surface area contributed by atoms with Gasteiger partial charge in [0, 0.05) is 23.7 Å². The quantitative estimate of drug-likeness (QED) is 0.135. The van der Waals surface area contributed by atoms with Crippen LogP contribution in [0.1, 0.15) is 93.4 Å².